The van der Waals surface area contributed by atoms with Crippen LogP contribution < -0.4 is 9.47 Å². The number of rotatable bonds is 6. The molecule has 1 saturated heterocycles. The number of amides is 1. The van der Waals surface area contributed by atoms with Gasteiger partial charge in [-0.25, -0.2) is 0 Å². The van der Waals surface area contributed by atoms with E-state index in [4.69, 9.17) is 14.0 Å². The third-order valence-corrected chi connectivity index (χ3v) is 5.16. The fourth-order valence-electron chi connectivity index (χ4n) is 3.20. The molecule has 0 saturated carbocycles. The van der Waals surface area contributed by atoms with Gasteiger partial charge in [0.15, 0.2) is 11.5 Å². The number of nitrogens with zero attached hydrogens (tertiary/aromatic N) is 3. The topological polar surface area (TPSA) is 68.0 Å². The zero-order valence-electron chi connectivity index (χ0n) is 16.3. The number of carbonyl (C=O) groups excluding carboxylic acids is 1. The van der Waals surface area contributed by atoms with Gasteiger partial charge in [0.2, 0.25) is 0 Å². The van der Waals surface area contributed by atoms with E-state index in [2.05, 4.69) is 17.1 Å². The lowest BCUT2D eigenvalue weighted by molar-refractivity contribution is 0.0737. The Hall–Kier alpha value is -2.54. The molecular weight excluding hydrogens is 346 g/mol. The fraction of sp³-hybridized carbons (Fsp3) is 0.500. The molecule has 2 heterocycles. The van der Waals surface area contributed by atoms with Crippen LogP contribution in [0.15, 0.2) is 35.1 Å². The first-order valence-electron chi connectivity index (χ1n) is 9.20. The zero-order chi connectivity index (χ0) is 19.4. The molecule has 2 aromatic rings. The lowest BCUT2D eigenvalue weighted by atomic mass is 10.1. The second-order valence-corrected chi connectivity index (χ2v) is 7.00. The van der Waals surface area contributed by atoms with Crippen molar-refractivity contribution in [3.05, 3.63) is 41.8 Å². The molecule has 0 N–H and O–H groups in total. The highest BCUT2D eigenvalue weighted by Crippen LogP contribution is 2.31. The molecule has 1 aliphatic rings. The molecule has 0 spiro atoms. The highest BCUT2D eigenvalue weighted by atomic mass is 16.5. The fourth-order valence-corrected chi connectivity index (χ4v) is 3.20. The maximum atomic E-state index is 12.9. The van der Waals surface area contributed by atoms with E-state index in [0.717, 1.165) is 25.9 Å². The van der Waals surface area contributed by atoms with E-state index in [1.165, 1.54) is 6.26 Å². The van der Waals surface area contributed by atoms with Gasteiger partial charge in [0.05, 0.1) is 13.2 Å². The van der Waals surface area contributed by atoms with E-state index in [1.54, 1.807) is 37.3 Å². The predicted molar refractivity (Wildman–Crippen MR) is 101 cm³/mol. The normalized spacial score (nSPS) is 16.7. The van der Waals surface area contributed by atoms with Crippen LogP contribution in [-0.2, 0) is 0 Å². The van der Waals surface area contributed by atoms with Crippen LogP contribution in [0.2, 0.25) is 0 Å². The summed E-state index contributed by atoms with van der Waals surface area (Å²) in [4.78, 5) is 16.8. The van der Waals surface area contributed by atoms with E-state index >= 15 is 0 Å². The minimum absolute atomic E-state index is 0.116. The molecular formula is C20H27N3O4. The molecule has 3 rings (SSSR count). The molecule has 0 bridgehead atoms. The number of piperidine rings is 1. The Balaban J connectivity index is 1.72. The Labute approximate surface area is 159 Å². The number of likely N-dealkylation sites (tertiary alicyclic amines) is 1. The second kappa shape index (κ2) is 8.43. The van der Waals surface area contributed by atoms with E-state index in [9.17, 15) is 4.79 Å². The van der Waals surface area contributed by atoms with Gasteiger partial charge < -0.3 is 23.8 Å². The Morgan fingerprint density at radius 2 is 2.04 bits per heavy atom. The zero-order valence-corrected chi connectivity index (χ0v) is 16.3. The number of methoxy groups -OCH3 is 1. The molecule has 1 amide bonds. The SMILES string of the molecule is COc1cc(C(=O)N(C)C(C)c2ccon2)ccc1OC1CCN(C)CC1. The summed E-state index contributed by atoms with van der Waals surface area (Å²) in [6.45, 7) is 3.95. The van der Waals surface area contributed by atoms with Crippen LogP contribution in [0.4, 0.5) is 0 Å². The van der Waals surface area contributed by atoms with E-state index in [1.807, 2.05) is 13.0 Å². The summed E-state index contributed by atoms with van der Waals surface area (Å²) in [6.07, 6.45) is 3.64. The number of hydrogen-bond acceptors (Lipinski definition) is 6. The number of hydrogen-bond donors (Lipinski definition) is 0. The van der Waals surface area contributed by atoms with Crippen LogP contribution in [0.1, 0.15) is 41.9 Å². The number of carbonyl (C=O) groups is 1. The van der Waals surface area contributed by atoms with Crippen LogP contribution in [0.5, 0.6) is 11.5 Å². The molecule has 1 aliphatic heterocycles. The van der Waals surface area contributed by atoms with Crippen molar-refractivity contribution in [1.82, 2.24) is 15.0 Å². The third kappa shape index (κ3) is 4.42. The molecule has 1 fully saturated rings. The summed E-state index contributed by atoms with van der Waals surface area (Å²) in [6, 6.07) is 6.89. The van der Waals surface area contributed by atoms with Gasteiger partial charge in [-0.1, -0.05) is 5.16 Å². The van der Waals surface area contributed by atoms with Gasteiger partial charge in [-0.2, -0.15) is 0 Å². The lowest BCUT2D eigenvalue weighted by Crippen LogP contribution is -2.35. The number of aromatic nitrogens is 1. The van der Waals surface area contributed by atoms with Crippen LogP contribution in [0.3, 0.4) is 0 Å². The van der Waals surface area contributed by atoms with Crippen molar-refractivity contribution in [3.8, 4) is 11.5 Å². The molecule has 146 valence electrons. The molecule has 1 aromatic carbocycles. The average molecular weight is 373 g/mol. The van der Waals surface area contributed by atoms with Crippen molar-refractivity contribution in [3.63, 3.8) is 0 Å². The van der Waals surface area contributed by atoms with E-state index in [-0.39, 0.29) is 18.1 Å². The molecule has 1 atom stereocenters. The Kier molecular flexibility index (Phi) is 6.01. The van der Waals surface area contributed by atoms with Crippen molar-refractivity contribution in [2.75, 3.05) is 34.3 Å². The Morgan fingerprint density at radius 3 is 2.67 bits per heavy atom. The predicted octanol–water partition coefficient (Wildman–Crippen LogP) is 2.99. The molecule has 0 aliphatic carbocycles. The summed E-state index contributed by atoms with van der Waals surface area (Å²) in [5.74, 6) is 1.13. The Morgan fingerprint density at radius 1 is 1.30 bits per heavy atom. The van der Waals surface area contributed by atoms with Crippen molar-refractivity contribution in [2.45, 2.75) is 31.9 Å². The van der Waals surface area contributed by atoms with Gasteiger partial charge in [-0.3, -0.25) is 4.79 Å². The Bertz CT molecular complexity index is 755. The van der Waals surface area contributed by atoms with Crippen molar-refractivity contribution in [1.29, 1.82) is 0 Å². The maximum absolute atomic E-state index is 12.9. The minimum atomic E-state index is -0.197. The summed E-state index contributed by atoms with van der Waals surface area (Å²) >= 11 is 0. The van der Waals surface area contributed by atoms with E-state index < -0.39 is 0 Å². The number of ether oxygens (including phenoxy) is 2. The van der Waals surface area contributed by atoms with Crippen LogP contribution in [0.25, 0.3) is 0 Å². The van der Waals surface area contributed by atoms with Gasteiger partial charge >= 0.3 is 0 Å². The van der Waals surface area contributed by atoms with Gasteiger partial charge in [0.1, 0.15) is 18.1 Å². The van der Waals surface area contributed by atoms with Crippen LogP contribution in [0, 0.1) is 0 Å². The molecule has 0 radical (unpaired) electrons. The maximum Gasteiger partial charge on any atom is 0.254 e. The summed E-state index contributed by atoms with van der Waals surface area (Å²) in [5.41, 5.74) is 1.25. The van der Waals surface area contributed by atoms with Gasteiger partial charge in [0.25, 0.3) is 5.91 Å². The average Bonchev–Trinajstić information content (AvgIpc) is 3.23. The summed E-state index contributed by atoms with van der Waals surface area (Å²) < 4.78 is 16.5. The van der Waals surface area contributed by atoms with Crippen LogP contribution >= 0.6 is 0 Å². The first-order chi connectivity index (χ1) is 13.0. The standard InChI is InChI=1S/C20H27N3O4/c1-14(17-9-12-26-21-17)23(3)20(24)15-5-6-18(19(13-15)25-4)27-16-7-10-22(2)11-8-16/h5-6,9,12-14,16H,7-8,10-11H2,1-4H3. The van der Waals surface area contributed by atoms with Crippen molar-refractivity contribution in [2.24, 2.45) is 0 Å². The van der Waals surface area contributed by atoms with Crippen molar-refractivity contribution >= 4 is 5.91 Å². The van der Waals surface area contributed by atoms with Crippen LogP contribution in [-0.4, -0.2) is 61.3 Å². The quantitative estimate of drug-likeness (QED) is 0.775. The van der Waals surface area contributed by atoms with E-state index in [0.29, 0.717) is 22.8 Å². The number of benzene rings is 1. The van der Waals surface area contributed by atoms with Crippen molar-refractivity contribution < 1.29 is 18.8 Å². The monoisotopic (exact) mass is 373 g/mol. The molecule has 27 heavy (non-hydrogen) atoms. The summed E-state index contributed by atoms with van der Waals surface area (Å²) in [7, 11) is 5.46. The molecule has 1 aromatic heterocycles. The first kappa shape index (κ1) is 19.2. The van der Waals surface area contributed by atoms with Gasteiger partial charge in [-0.05, 0) is 45.0 Å². The largest absolute Gasteiger partial charge is 0.493 e. The lowest BCUT2D eigenvalue weighted by Gasteiger charge is -2.29. The highest BCUT2D eigenvalue weighted by molar-refractivity contribution is 5.95. The molecule has 7 nitrogen and oxygen atoms in total. The highest BCUT2D eigenvalue weighted by Gasteiger charge is 2.23. The van der Waals surface area contributed by atoms with Gasteiger partial charge in [0, 0.05) is 31.8 Å². The van der Waals surface area contributed by atoms with Gasteiger partial charge in [-0.15, -0.1) is 0 Å². The first-order valence-corrected chi connectivity index (χ1v) is 9.20. The molecule has 7 heteroatoms. The molecule has 1 unspecified atom stereocenters. The summed E-state index contributed by atoms with van der Waals surface area (Å²) in [5, 5.41) is 3.91. The third-order valence-electron chi connectivity index (χ3n) is 5.16. The second-order valence-electron chi connectivity index (χ2n) is 7.00. The minimum Gasteiger partial charge on any atom is -0.493 e. The smallest absolute Gasteiger partial charge is 0.254 e.